The van der Waals surface area contributed by atoms with Crippen LogP contribution in [0.2, 0.25) is 0 Å². The number of amides is 1. The van der Waals surface area contributed by atoms with Gasteiger partial charge in [0, 0.05) is 25.7 Å². The van der Waals surface area contributed by atoms with Crippen LogP contribution < -0.4 is 10.1 Å². The van der Waals surface area contributed by atoms with Crippen molar-refractivity contribution in [2.45, 2.75) is 44.2 Å². The molecule has 0 spiro atoms. The highest BCUT2D eigenvalue weighted by atomic mass is 16.5. The number of hydrogen-bond acceptors (Lipinski definition) is 6. The van der Waals surface area contributed by atoms with E-state index >= 15 is 0 Å². The first-order valence-electron chi connectivity index (χ1n) is 11.5. The lowest BCUT2D eigenvalue weighted by Crippen LogP contribution is -2.38. The molecule has 3 aromatic rings. The highest BCUT2D eigenvalue weighted by Gasteiger charge is 2.57. The largest absolute Gasteiger partial charge is 0.497 e. The fourth-order valence-corrected chi connectivity index (χ4v) is 5.59. The summed E-state index contributed by atoms with van der Waals surface area (Å²) in [5.41, 5.74) is 2.06. The van der Waals surface area contributed by atoms with Crippen LogP contribution in [0.25, 0.3) is 0 Å². The third-order valence-corrected chi connectivity index (χ3v) is 7.04. The van der Waals surface area contributed by atoms with Crippen LogP contribution in [-0.2, 0) is 23.2 Å². The fourth-order valence-electron chi connectivity index (χ4n) is 5.59. The topological polar surface area (TPSA) is 80.5 Å². The van der Waals surface area contributed by atoms with Crippen molar-refractivity contribution in [3.05, 3.63) is 77.4 Å². The molecule has 1 amide bonds. The molecule has 0 unspecified atom stereocenters. The van der Waals surface area contributed by atoms with Gasteiger partial charge in [0.1, 0.15) is 5.75 Å². The molecule has 33 heavy (non-hydrogen) atoms. The van der Waals surface area contributed by atoms with Crippen LogP contribution in [-0.4, -0.2) is 47.2 Å². The molecule has 2 aliphatic rings. The summed E-state index contributed by atoms with van der Waals surface area (Å²) in [7, 11) is 1.64. The molecule has 1 aliphatic carbocycles. The first-order valence-corrected chi connectivity index (χ1v) is 11.5. The number of aryl methyl sites for hydroxylation is 1. The summed E-state index contributed by atoms with van der Waals surface area (Å²) in [6, 6.07) is 18.3. The molecule has 172 valence electrons. The van der Waals surface area contributed by atoms with E-state index in [2.05, 4.69) is 44.6 Å². The Morgan fingerprint density at radius 2 is 1.97 bits per heavy atom. The number of ether oxygens (including phenoxy) is 1. The van der Waals surface area contributed by atoms with Crippen LogP contribution in [0.3, 0.4) is 0 Å². The normalized spacial score (nSPS) is 24.5. The van der Waals surface area contributed by atoms with E-state index in [1.165, 1.54) is 5.56 Å². The van der Waals surface area contributed by atoms with Gasteiger partial charge in [-0.3, -0.25) is 9.69 Å². The molecule has 1 saturated heterocycles. The quantitative estimate of drug-likeness (QED) is 0.600. The van der Waals surface area contributed by atoms with Crippen LogP contribution in [0.1, 0.15) is 35.7 Å². The predicted molar refractivity (Wildman–Crippen MR) is 124 cm³/mol. The molecule has 2 aromatic carbocycles. The average Bonchev–Trinajstić information content (AvgIpc) is 3.47. The summed E-state index contributed by atoms with van der Waals surface area (Å²) in [5.74, 6) is 2.58. The number of fused-ring (bicyclic) bond motifs is 1. The third-order valence-electron chi connectivity index (χ3n) is 7.04. The maximum absolute atomic E-state index is 12.8. The maximum Gasteiger partial charge on any atom is 0.234 e. The Bertz CT molecular complexity index is 1100. The number of carbonyl (C=O) groups is 1. The zero-order valence-electron chi connectivity index (χ0n) is 19.2. The number of methoxy groups -OCH3 is 1. The van der Waals surface area contributed by atoms with Crippen molar-refractivity contribution >= 4 is 5.91 Å². The van der Waals surface area contributed by atoms with E-state index in [1.54, 1.807) is 7.11 Å². The number of nitrogens with one attached hydrogen (secondary N) is 1. The maximum atomic E-state index is 12.8. The molecule has 1 aliphatic heterocycles. The molecule has 5 rings (SSSR count). The number of nitrogens with zero attached hydrogens (tertiary/aromatic N) is 3. The second kappa shape index (κ2) is 8.98. The highest BCUT2D eigenvalue weighted by molar-refractivity contribution is 5.79. The van der Waals surface area contributed by atoms with Crippen LogP contribution in [0.15, 0.2) is 59.1 Å². The standard InChI is InChI=1S/C26H30N4O3/c1-18-27-25(33-29-18)26-14-22(28-24(31)12-19-8-10-23(32-2)11-9-19)13-21(26)16-30(17-26)15-20-6-4-3-5-7-20/h3-11,21-22H,12-17H2,1-2H3,(H,28,31)/t21-,22+,26-/m0/s1. The van der Waals surface area contributed by atoms with Gasteiger partial charge in [0.25, 0.3) is 0 Å². The zero-order valence-corrected chi connectivity index (χ0v) is 19.2. The van der Waals surface area contributed by atoms with Crippen molar-refractivity contribution in [1.29, 1.82) is 0 Å². The Morgan fingerprint density at radius 3 is 2.67 bits per heavy atom. The number of carbonyl (C=O) groups excluding carboxylic acids is 1. The summed E-state index contributed by atoms with van der Waals surface area (Å²) in [5, 5.41) is 7.35. The van der Waals surface area contributed by atoms with E-state index in [9.17, 15) is 4.79 Å². The van der Waals surface area contributed by atoms with Crippen LogP contribution in [0, 0.1) is 12.8 Å². The van der Waals surface area contributed by atoms with E-state index in [-0.39, 0.29) is 17.4 Å². The van der Waals surface area contributed by atoms with Crippen LogP contribution in [0.5, 0.6) is 5.75 Å². The molecule has 7 heteroatoms. The second-order valence-corrected chi connectivity index (χ2v) is 9.38. The molecule has 1 saturated carbocycles. The van der Waals surface area contributed by atoms with Gasteiger partial charge in [-0.05, 0) is 48.9 Å². The highest BCUT2D eigenvalue weighted by Crippen LogP contribution is 2.50. The van der Waals surface area contributed by atoms with Crippen molar-refractivity contribution in [2.75, 3.05) is 20.2 Å². The summed E-state index contributed by atoms with van der Waals surface area (Å²) in [6.45, 7) is 4.58. The average molecular weight is 447 g/mol. The number of likely N-dealkylation sites (tertiary alicyclic amines) is 1. The minimum atomic E-state index is -0.214. The molecule has 0 bridgehead atoms. The van der Waals surface area contributed by atoms with Gasteiger partial charge in [-0.1, -0.05) is 47.6 Å². The summed E-state index contributed by atoms with van der Waals surface area (Å²) in [6.07, 6.45) is 2.10. The Kier molecular flexibility index (Phi) is 5.89. The second-order valence-electron chi connectivity index (χ2n) is 9.38. The molecule has 3 atom stereocenters. The number of rotatable bonds is 7. The lowest BCUT2D eigenvalue weighted by Gasteiger charge is -2.25. The monoisotopic (exact) mass is 446 g/mol. The van der Waals surface area contributed by atoms with Gasteiger partial charge in [-0.2, -0.15) is 4.98 Å². The molecular weight excluding hydrogens is 416 g/mol. The van der Waals surface area contributed by atoms with Gasteiger partial charge in [-0.25, -0.2) is 0 Å². The minimum absolute atomic E-state index is 0.0446. The summed E-state index contributed by atoms with van der Waals surface area (Å²) >= 11 is 0. The molecule has 1 N–H and O–H groups in total. The van der Waals surface area contributed by atoms with Crippen molar-refractivity contribution in [1.82, 2.24) is 20.4 Å². The van der Waals surface area contributed by atoms with Crippen molar-refractivity contribution in [2.24, 2.45) is 5.92 Å². The van der Waals surface area contributed by atoms with Gasteiger partial charge < -0.3 is 14.6 Å². The lowest BCUT2D eigenvalue weighted by molar-refractivity contribution is -0.121. The molecule has 7 nitrogen and oxygen atoms in total. The van der Waals surface area contributed by atoms with Crippen LogP contribution in [0.4, 0.5) is 0 Å². The minimum Gasteiger partial charge on any atom is -0.497 e. The van der Waals surface area contributed by atoms with Gasteiger partial charge in [0.15, 0.2) is 5.82 Å². The Morgan fingerprint density at radius 1 is 1.18 bits per heavy atom. The van der Waals surface area contributed by atoms with Gasteiger partial charge in [-0.15, -0.1) is 0 Å². The SMILES string of the molecule is COc1ccc(CC(=O)N[C@@H]2C[C@H]3CN(Cc4ccccc4)C[C@@]3(c3nc(C)no3)C2)cc1. The third kappa shape index (κ3) is 4.50. The molecule has 2 fully saturated rings. The Labute approximate surface area is 194 Å². The van der Waals surface area contributed by atoms with E-state index in [4.69, 9.17) is 9.26 Å². The number of aromatic nitrogens is 2. The van der Waals surface area contributed by atoms with E-state index in [0.717, 1.165) is 43.8 Å². The van der Waals surface area contributed by atoms with Crippen molar-refractivity contribution < 1.29 is 14.1 Å². The Balaban J connectivity index is 1.27. The first kappa shape index (κ1) is 21.6. The number of benzene rings is 2. The molecule has 0 radical (unpaired) electrons. The van der Waals surface area contributed by atoms with Crippen molar-refractivity contribution in [3.8, 4) is 5.75 Å². The zero-order chi connectivity index (χ0) is 22.8. The molecule has 2 heterocycles. The van der Waals surface area contributed by atoms with Crippen molar-refractivity contribution in [3.63, 3.8) is 0 Å². The Hall–Kier alpha value is -3.19. The lowest BCUT2D eigenvalue weighted by atomic mass is 9.80. The molecular formula is C26H30N4O3. The van der Waals surface area contributed by atoms with Gasteiger partial charge >= 0.3 is 0 Å². The smallest absolute Gasteiger partial charge is 0.234 e. The number of hydrogen-bond donors (Lipinski definition) is 1. The fraction of sp³-hybridized carbons (Fsp3) is 0.423. The molecule has 1 aromatic heterocycles. The van der Waals surface area contributed by atoms with Gasteiger partial charge in [0.05, 0.1) is 18.9 Å². The summed E-state index contributed by atoms with van der Waals surface area (Å²) < 4.78 is 10.9. The predicted octanol–water partition coefficient (Wildman–Crippen LogP) is 3.28. The van der Waals surface area contributed by atoms with E-state index < -0.39 is 0 Å². The van der Waals surface area contributed by atoms with Gasteiger partial charge in [0.2, 0.25) is 11.8 Å². The van der Waals surface area contributed by atoms with E-state index in [1.807, 2.05) is 37.3 Å². The summed E-state index contributed by atoms with van der Waals surface area (Å²) in [4.78, 5) is 19.9. The van der Waals surface area contributed by atoms with Crippen LogP contribution >= 0.6 is 0 Å². The first-order chi connectivity index (χ1) is 16.0. The van der Waals surface area contributed by atoms with E-state index in [0.29, 0.717) is 24.1 Å².